The Kier molecular flexibility index (Phi) is 4.42. The molecule has 0 saturated heterocycles. The topological polar surface area (TPSA) is 58.0 Å². The van der Waals surface area contributed by atoms with Crippen molar-refractivity contribution in [2.24, 2.45) is 0 Å². The Balaban J connectivity index is 1.71. The van der Waals surface area contributed by atoms with Gasteiger partial charge in [-0.1, -0.05) is 48.5 Å². The molecule has 4 aromatic rings. The predicted molar refractivity (Wildman–Crippen MR) is 102 cm³/mol. The van der Waals surface area contributed by atoms with Crippen LogP contribution < -0.4 is 5.32 Å². The Labute approximate surface area is 151 Å². The first kappa shape index (κ1) is 16.4. The third-order valence-electron chi connectivity index (χ3n) is 4.64. The van der Waals surface area contributed by atoms with E-state index in [1.54, 1.807) is 12.5 Å². The lowest BCUT2D eigenvalue weighted by atomic mass is 9.96. The zero-order chi connectivity index (χ0) is 17.9. The smallest absolute Gasteiger partial charge is 0.186 e. The normalized spacial score (nSPS) is 13.6. The van der Waals surface area contributed by atoms with E-state index in [-0.39, 0.29) is 11.8 Å². The van der Waals surface area contributed by atoms with E-state index in [4.69, 9.17) is 4.42 Å². The number of aromatic nitrogens is 1. The van der Waals surface area contributed by atoms with Gasteiger partial charge in [-0.2, -0.15) is 0 Å². The molecule has 130 valence electrons. The summed E-state index contributed by atoms with van der Waals surface area (Å²) in [6.07, 6.45) is 3.44. The first-order valence-electron chi connectivity index (χ1n) is 8.69. The number of fused-ring (bicyclic) bond motifs is 1. The van der Waals surface area contributed by atoms with Gasteiger partial charge in [-0.3, -0.25) is 10.1 Å². The van der Waals surface area contributed by atoms with Crippen LogP contribution in [0.15, 0.2) is 83.6 Å². The van der Waals surface area contributed by atoms with Crippen LogP contribution in [0.5, 0.6) is 0 Å². The van der Waals surface area contributed by atoms with Crippen molar-refractivity contribution in [3.05, 3.63) is 96.1 Å². The fourth-order valence-electron chi connectivity index (χ4n) is 3.27. The zero-order valence-electron chi connectivity index (χ0n) is 14.5. The van der Waals surface area contributed by atoms with Gasteiger partial charge < -0.3 is 9.40 Å². The Hall–Kier alpha value is -3.11. The van der Waals surface area contributed by atoms with Gasteiger partial charge in [0.25, 0.3) is 0 Å². The van der Waals surface area contributed by atoms with E-state index in [1.165, 1.54) is 0 Å². The molecule has 0 unspecified atom stereocenters. The summed E-state index contributed by atoms with van der Waals surface area (Å²) in [5, 5.41) is 4.37. The zero-order valence-corrected chi connectivity index (χ0v) is 14.5. The van der Waals surface area contributed by atoms with Gasteiger partial charge in [0.15, 0.2) is 5.78 Å². The lowest BCUT2D eigenvalue weighted by molar-refractivity contribution is 0.0936. The van der Waals surface area contributed by atoms with E-state index in [1.807, 2.05) is 73.7 Å². The molecular weight excluding hydrogens is 324 g/mol. The number of Topliss-reactive ketones (excluding diaryl/α,β-unsaturated/α-hetero) is 1. The lowest BCUT2D eigenvalue weighted by Crippen LogP contribution is -2.30. The van der Waals surface area contributed by atoms with E-state index < -0.39 is 6.04 Å². The summed E-state index contributed by atoms with van der Waals surface area (Å²) in [7, 11) is 0. The van der Waals surface area contributed by atoms with Crippen molar-refractivity contribution in [2.45, 2.75) is 19.0 Å². The summed E-state index contributed by atoms with van der Waals surface area (Å²) in [4.78, 5) is 16.6. The average molecular weight is 344 g/mol. The summed E-state index contributed by atoms with van der Waals surface area (Å²) in [5.74, 6) is 0.838. The molecule has 2 heterocycles. The molecule has 2 aromatic heterocycles. The largest absolute Gasteiger partial charge is 0.468 e. The summed E-state index contributed by atoms with van der Waals surface area (Å²) < 4.78 is 5.49. The highest BCUT2D eigenvalue weighted by molar-refractivity contribution is 6.10. The lowest BCUT2D eigenvalue weighted by Gasteiger charge is -2.21. The molecule has 0 spiro atoms. The number of ketones is 1. The molecule has 0 bridgehead atoms. The highest BCUT2D eigenvalue weighted by atomic mass is 16.3. The number of carbonyl (C=O) groups excluding carboxylic acids is 1. The molecule has 2 N–H and O–H groups in total. The van der Waals surface area contributed by atoms with Crippen molar-refractivity contribution >= 4 is 16.7 Å². The fraction of sp³-hybridized carbons (Fsp3) is 0.136. The van der Waals surface area contributed by atoms with Gasteiger partial charge in [-0.05, 0) is 30.7 Å². The van der Waals surface area contributed by atoms with Crippen molar-refractivity contribution in [3.8, 4) is 0 Å². The molecule has 0 aliphatic rings. The molecule has 4 nitrogen and oxygen atoms in total. The first-order valence-corrected chi connectivity index (χ1v) is 8.69. The Morgan fingerprint density at radius 1 is 1.00 bits per heavy atom. The van der Waals surface area contributed by atoms with E-state index in [0.717, 1.165) is 22.2 Å². The van der Waals surface area contributed by atoms with Crippen LogP contribution in [0.2, 0.25) is 0 Å². The van der Waals surface area contributed by atoms with Gasteiger partial charge in [-0.25, -0.2) is 0 Å². The maximum atomic E-state index is 13.4. The minimum absolute atomic E-state index is 0.0343. The SMILES string of the molecule is C[C@@H](N[C@@H](C(=O)c1c[nH]c2ccccc12)c1ccccc1)c1ccco1. The fourth-order valence-corrected chi connectivity index (χ4v) is 3.27. The van der Waals surface area contributed by atoms with Gasteiger partial charge in [0, 0.05) is 22.7 Å². The summed E-state index contributed by atoms with van der Waals surface area (Å²) in [5.41, 5.74) is 2.58. The molecule has 0 amide bonds. The second-order valence-corrected chi connectivity index (χ2v) is 6.36. The monoisotopic (exact) mass is 344 g/mol. The van der Waals surface area contributed by atoms with Crippen LogP contribution in [0.25, 0.3) is 10.9 Å². The minimum Gasteiger partial charge on any atom is -0.468 e. The van der Waals surface area contributed by atoms with Crippen LogP contribution in [0.3, 0.4) is 0 Å². The van der Waals surface area contributed by atoms with Crippen LogP contribution >= 0.6 is 0 Å². The van der Waals surface area contributed by atoms with Crippen molar-refractivity contribution < 1.29 is 9.21 Å². The molecule has 0 aliphatic carbocycles. The predicted octanol–water partition coefficient (Wildman–Crippen LogP) is 5.04. The summed E-state index contributed by atoms with van der Waals surface area (Å²) >= 11 is 0. The number of H-pyrrole nitrogens is 1. The molecule has 4 heteroatoms. The maximum Gasteiger partial charge on any atom is 0.186 e. The Morgan fingerprint density at radius 2 is 1.77 bits per heavy atom. The highest BCUT2D eigenvalue weighted by Gasteiger charge is 2.26. The number of benzene rings is 2. The summed E-state index contributed by atoms with van der Waals surface area (Å²) in [6, 6.07) is 20.9. The number of aromatic amines is 1. The second-order valence-electron chi connectivity index (χ2n) is 6.36. The minimum atomic E-state index is -0.462. The molecule has 2 atom stereocenters. The first-order chi connectivity index (χ1) is 12.7. The van der Waals surface area contributed by atoms with Crippen LogP contribution in [0.4, 0.5) is 0 Å². The van der Waals surface area contributed by atoms with Gasteiger partial charge >= 0.3 is 0 Å². The van der Waals surface area contributed by atoms with Gasteiger partial charge in [0.1, 0.15) is 5.76 Å². The maximum absolute atomic E-state index is 13.4. The van der Waals surface area contributed by atoms with E-state index in [2.05, 4.69) is 10.3 Å². The van der Waals surface area contributed by atoms with Crippen molar-refractivity contribution in [3.63, 3.8) is 0 Å². The van der Waals surface area contributed by atoms with E-state index >= 15 is 0 Å². The number of carbonyl (C=O) groups is 1. The number of hydrogen-bond acceptors (Lipinski definition) is 3. The molecule has 4 rings (SSSR count). The quantitative estimate of drug-likeness (QED) is 0.482. The number of para-hydroxylation sites is 1. The molecule has 0 radical (unpaired) electrons. The van der Waals surface area contributed by atoms with Crippen LogP contribution in [-0.2, 0) is 0 Å². The Bertz CT molecular complexity index is 1000. The molecule has 0 saturated carbocycles. The number of rotatable bonds is 6. The number of hydrogen-bond donors (Lipinski definition) is 2. The van der Waals surface area contributed by atoms with E-state index in [0.29, 0.717) is 5.56 Å². The molecule has 2 aromatic carbocycles. The van der Waals surface area contributed by atoms with Crippen LogP contribution in [0.1, 0.15) is 40.7 Å². The van der Waals surface area contributed by atoms with Gasteiger partial charge in [0.05, 0.1) is 18.3 Å². The van der Waals surface area contributed by atoms with Crippen molar-refractivity contribution in [1.82, 2.24) is 10.3 Å². The summed E-state index contributed by atoms with van der Waals surface area (Å²) in [6.45, 7) is 2.00. The molecular formula is C22H20N2O2. The van der Waals surface area contributed by atoms with E-state index in [9.17, 15) is 4.79 Å². The number of nitrogens with one attached hydrogen (secondary N) is 2. The Morgan fingerprint density at radius 3 is 2.54 bits per heavy atom. The third-order valence-corrected chi connectivity index (χ3v) is 4.64. The van der Waals surface area contributed by atoms with Crippen LogP contribution in [0, 0.1) is 0 Å². The second kappa shape index (κ2) is 7.02. The van der Waals surface area contributed by atoms with Crippen molar-refractivity contribution in [1.29, 1.82) is 0 Å². The molecule has 0 fully saturated rings. The molecule has 26 heavy (non-hydrogen) atoms. The van der Waals surface area contributed by atoms with Gasteiger partial charge in [0.2, 0.25) is 0 Å². The molecule has 0 aliphatic heterocycles. The van der Waals surface area contributed by atoms with Crippen LogP contribution in [-0.4, -0.2) is 10.8 Å². The highest BCUT2D eigenvalue weighted by Crippen LogP contribution is 2.27. The average Bonchev–Trinajstić information content (AvgIpc) is 3.36. The number of furan rings is 1. The third kappa shape index (κ3) is 3.07. The van der Waals surface area contributed by atoms with Gasteiger partial charge in [-0.15, -0.1) is 0 Å². The van der Waals surface area contributed by atoms with Crippen molar-refractivity contribution in [2.75, 3.05) is 0 Å². The standard InChI is InChI=1S/C22H20N2O2/c1-15(20-12-7-13-26-20)24-21(16-8-3-2-4-9-16)22(25)18-14-23-19-11-6-5-10-17(18)19/h2-15,21,23-24H,1H3/t15-,21-/m1/s1.